The summed E-state index contributed by atoms with van der Waals surface area (Å²) in [4.78, 5) is 0. The van der Waals surface area contributed by atoms with E-state index >= 15 is 0 Å². The van der Waals surface area contributed by atoms with E-state index in [-0.39, 0.29) is 0 Å². The summed E-state index contributed by atoms with van der Waals surface area (Å²) in [5, 5.41) is 0. The molecule has 4 N–H and O–H groups in total. The summed E-state index contributed by atoms with van der Waals surface area (Å²) < 4.78 is 2.03. The molecule has 0 amide bonds. The van der Waals surface area contributed by atoms with Gasteiger partial charge in [0, 0.05) is 6.54 Å². The fourth-order valence-corrected chi connectivity index (χ4v) is 1.26. The smallest absolute Gasteiger partial charge is 0.108 e. The van der Waals surface area contributed by atoms with Crippen molar-refractivity contribution in [1.29, 1.82) is 0 Å². The molecule has 0 fully saturated rings. The minimum absolute atomic E-state index is 0.849. The van der Waals surface area contributed by atoms with E-state index in [4.69, 9.17) is 11.0 Å². The average Bonchev–Trinajstić information content (AvgIpc) is 1.97. The van der Waals surface area contributed by atoms with Gasteiger partial charge in [-0.05, 0) is 13.5 Å². The van der Waals surface area contributed by atoms with Gasteiger partial charge in [0.05, 0.1) is 0 Å². The van der Waals surface area contributed by atoms with Crippen LogP contribution >= 0.6 is 8.37 Å². The maximum absolute atomic E-state index is 5.52. The highest BCUT2D eigenvalue weighted by Gasteiger charge is 2.01. The Morgan fingerprint density at radius 3 is 2.27 bits per heavy atom. The summed E-state index contributed by atoms with van der Waals surface area (Å²) in [6.45, 7) is 3.25. The highest BCUT2D eigenvalue weighted by Crippen LogP contribution is 2.18. The molecule has 0 radical (unpaired) electrons. The first kappa shape index (κ1) is 11.3. The number of nitrogens with two attached hydrogens (primary N) is 2. The Balaban J connectivity index is 3.10. The Morgan fingerprint density at radius 1 is 1.18 bits per heavy atom. The van der Waals surface area contributed by atoms with Gasteiger partial charge in [0.1, 0.15) is 8.37 Å². The van der Waals surface area contributed by atoms with Crippen LogP contribution < -0.4 is 11.0 Å². The molecule has 0 aromatic heterocycles. The molecule has 0 aliphatic rings. The normalized spacial score (nSPS) is 11.5. The molecule has 0 saturated heterocycles. The highest BCUT2D eigenvalue weighted by atomic mass is 31.1. The van der Waals surface area contributed by atoms with Crippen molar-refractivity contribution < 1.29 is 0 Å². The third-order valence-corrected chi connectivity index (χ3v) is 2.72. The fourth-order valence-electron chi connectivity index (χ4n) is 0.883. The number of nitrogens with zero attached hydrogens (tertiary/aromatic N) is 1. The predicted molar refractivity (Wildman–Crippen MR) is 52.1 cm³/mol. The quantitative estimate of drug-likeness (QED) is 0.479. The van der Waals surface area contributed by atoms with Crippen molar-refractivity contribution in [3.63, 3.8) is 0 Å². The van der Waals surface area contributed by atoms with Crippen LogP contribution in [0.15, 0.2) is 0 Å². The van der Waals surface area contributed by atoms with E-state index in [1.807, 2.05) is 11.7 Å². The van der Waals surface area contributed by atoms with Gasteiger partial charge in [0.2, 0.25) is 0 Å². The Morgan fingerprint density at radius 2 is 1.82 bits per heavy atom. The molecule has 0 rings (SSSR count). The zero-order valence-corrected chi connectivity index (χ0v) is 8.48. The van der Waals surface area contributed by atoms with Crippen molar-refractivity contribution in [2.24, 2.45) is 11.0 Å². The second kappa shape index (κ2) is 6.99. The zero-order chi connectivity index (χ0) is 8.69. The van der Waals surface area contributed by atoms with Crippen LogP contribution in [-0.2, 0) is 0 Å². The summed E-state index contributed by atoms with van der Waals surface area (Å²) >= 11 is 0. The van der Waals surface area contributed by atoms with E-state index in [0.29, 0.717) is 0 Å². The first-order valence-electron chi connectivity index (χ1n) is 4.19. The molecule has 68 valence electrons. The van der Waals surface area contributed by atoms with Crippen molar-refractivity contribution in [1.82, 2.24) is 4.67 Å². The van der Waals surface area contributed by atoms with E-state index in [2.05, 4.69) is 6.92 Å². The van der Waals surface area contributed by atoms with Crippen LogP contribution in [0.2, 0.25) is 0 Å². The Hall–Kier alpha value is 0.310. The standard InChI is InChI=1S/C7H20N3P/c1-3-4-5-6-7-10(2)11(8)9/h3-9H2,1-2H3. The van der Waals surface area contributed by atoms with Gasteiger partial charge in [0.15, 0.2) is 0 Å². The van der Waals surface area contributed by atoms with Crippen LogP contribution in [-0.4, -0.2) is 18.3 Å². The average molecular weight is 177 g/mol. The van der Waals surface area contributed by atoms with Crippen LogP contribution in [0.3, 0.4) is 0 Å². The SMILES string of the molecule is CCCCCCN(C)P(N)N. The zero-order valence-electron chi connectivity index (χ0n) is 7.58. The molecule has 3 nitrogen and oxygen atoms in total. The van der Waals surface area contributed by atoms with E-state index in [0.717, 1.165) is 6.54 Å². The van der Waals surface area contributed by atoms with Crippen molar-refractivity contribution in [2.75, 3.05) is 13.6 Å². The van der Waals surface area contributed by atoms with Crippen LogP contribution in [0.5, 0.6) is 0 Å². The van der Waals surface area contributed by atoms with Crippen molar-refractivity contribution in [3.8, 4) is 0 Å². The number of unbranched alkanes of at least 4 members (excludes halogenated alkanes) is 3. The number of rotatable bonds is 6. The van der Waals surface area contributed by atoms with Gasteiger partial charge in [-0.15, -0.1) is 0 Å². The molecule has 0 aliphatic heterocycles. The summed E-state index contributed by atoms with van der Waals surface area (Å²) in [7, 11) is 1.13. The first-order chi connectivity index (χ1) is 5.18. The van der Waals surface area contributed by atoms with Gasteiger partial charge in [-0.1, -0.05) is 26.2 Å². The Bertz CT molecular complexity index is 87.8. The van der Waals surface area contributed by atoms with Crippen molar-refractivity contribution in [3.05, 3.63) is 0 Å². The third-order valence-electron chi connectivity index (χ3n) is 1.73. The predicted octanol–water partition coefficient (Wildman–Crippen LogP) is 1.64. The molecular weight excluding hydrogens is 157 g/mol. The number of hydrogen-bond donors (Lipinski definition) is 2. The molecule has 0 spiro atoms. The molecular formula is C7H20N3P. The molecule has 0 saturated carbocycles. The van der Waals surface area contributed by atoms with Gasteiger partial charge in [0.25, 0.3) is 0 Å². The van der Waals surface area contributed by atoms with E-state index in [1.165, 1.54) is 25.7 Å². The van der Waals surface area contributed by atoms with E-state index in [9.17, 15) is 0 Å². The molecule has 0 bridgehead atoms. The second-order valence-corrected chi connectivity index (χ2v) is 4.26. The van der Waals surface area contributed by atoms with Crippen molar-refractivity contribution >= 4 is 8.37 Å². The number of hydrogen-bond acceptors (Lipinski definition) is 3. The molecule has 0 aromatic carbocycles. The lowest BCUT2D eigenvalue weighted by molar-refractivity contribution is 0.502. The van der Waals surface area contributed by atoms with Gasteiger partial charge in [-0.2, -0.15) is 0 Å². The van der Waals surface area contributed by atoms with Gasteiger partial charge < -0.3 is 0 Å². The molecule has 0 heterocycles. The maximum Gasteiger partial charge on any atom is 0.108 e. The highest BCUT2D eigenvalue weighted by molar-refractivity contribution is 7.49. The van der Waals surface area contributed by atoms with Crippen molar-refractivity contribution in [2.45, 2.75) is 32.6 Å². The molecule has 0 atom stereocenters. The minimum atomic E-state index is -0.849. The topological polar surface area (TPSA) is 55.3 Å². The lowest BCUT2D eigenvalue weighted by atomic mass is 10.2. The van der Waals surface area contributed by atoms with Crippen LogP contribution in [0.1, 0.15) is 32.6 Å². The molecule has 0 aliphatic carbocycles. The Kier molecular flexibility index (Phi) is 7.18. The first-order valence-corrected chi connectivity index (χ1v) is 5.62. The molecule has 0 aromatic rings. The monoisotopic (exact) mass is 177 g/mol. The lowest BCUT2D eigenvalue weighted by Crippen LogP contribution is -2.21. The van der Waals surface area contributed by atoms with Crippen LogP contribution in [0, 0.1) is 0 Å². The summed E-state index contributed by atoms with van der Waals surface area (Å²) in [6.07, 6.45) is 5.12. The summed E-state index contributed by atoms with van der Waals surface area (Å²) in [6, 6.07) is 0. The largest absolute Gasteiger partial charge is 0.285 e. The van der Waals surface area contributed by atoms with Gasteiger partial charge >= 0.3 is 0 Å². The maximum atomic E-state index is 5.52. The van der Waals surface area contributed by atoms with Gasteiger partial charge in [-0.25, -0.2) is 0 Å². The molecule has 4 heteroatoms. The summed E-state index contributed by atoms with van der Waals surface area (Å²) in [5.41, 5.74) is 11.0. The second-order valence-electron chi connectivity index (χ2n) is 2.82. The van der Waals surface area contributed by atoms with Gasteiger partial charge in [-0.3, -0.25) is 15.7 Å². The lowest BCUT2D eigenvalue weighted by Gasteiger charge is -2.19. The van der Waals surface area contributed by atoms with Crippen LogP contribution in [0.25, 0.3) is 0 Å². The molecule has 11 heavy (non-hydrogen) atoms. The van der Waals surface area contributed by atoms with E-state index in [1.54, 1.807) is 0 Å². The summed E-state index contributed by atoms with van der Waals surface area (Å²) in [5.74, 6) is 0. The van der Waals surface area contributed by atoms with E-state index < -0.39 is 8.37 Å². The van der Waals surface area contributed by atoms with Crippen LogP contribution in [0.4, 0.5) is 0 Å². The minimum Gasteiger partial charge on any atom is -0.285 e. The fraction of sp³-hybridized carbons (Fsp3) is 1.00. The third kappa shape index (κ3) is 6.70. The Labute approximate surface area is 71.0 Å². The molecule has 0 unspecified atom stereocenters.